The molecule has 0 bridgehead atoms. The highest BCUT2D eigenvalue weighted by molar-refractivity contribution is 5.35. The third-order valence-electron chi connectivity index (χ3n) is 4.31. The highest BCUT2D eigenvalue weighted by atomic mass is 19.1. The van der Waals surface area contributed by atoms with E-state index in [1.165, 1.54) is 12.7 Å². The smallest absolute Gasteiger partial charge is 0.165 e. The zero-order chi connectivity index (χ0) is 14.7. The molecule has 3 rings (SSSR count). The van der Waals surface area contributed by atoms with Gasteiger partial charge in [0.1, 0.15) is 0 Å². The maximum Gasteiger partial charge on any atom is 0.165 e. The highest BCUT2D eigenvalue weighted by Gasteiger charge is 2.28. The van der Waals surface area contributed by atoms with E-state index in [9.17, 15) is 4.39 Å². The van der Waals surface area contributed by atoms with E-state index < -0.39 is 0 Å². The van der Waals surface area contributed by atoms with Crippen molar-refractivity contribution >= 4 is 0 Å². The van der Waals surface area contributed by atoms with E-state index in [4.69, 9.17) is 4.74 Å². The molecule has 1 N–H and O–H groups in total. The van der Waals surface area contributed by atoms with E-state index in [-0.39, 0.29) is 5.82 Å². The summed E-state index contributed by atoms with van der Waals surface area (Å²) in [5.74, 6) is 0.756. The van der Waals surface area contributed by atoms with Gasteiger partial charge in [-0.1, -0.05) is 36.4 Å². The van der Waals surface area contributed by atoms with E-state index in [1.807, 2.05) is 12.1 Å². The zero-order valence-corrected chi connectivity index (χ0v) is 12.2. The predicted molar refractivity (Wildman–Crippen MR) is 82.4 cm³/mol. The average Bonchev–Trinajstić information content (AvgIpc) is 2.55. The van der Waals surface area contributed by atoms with Crippen LogP contribution in [0.25, 0.3) is 0 Å². The van der Waals surface area contributed by atoms with E-state index in [0.717, 1.165) is 25.1 Å². The van der Waals surface area contributed by atoms with Crippen LogP contribution in [0.15, 0.2) is 48.5 Å². The fourth-order valence-electron chi connectivity index (χ4n) is 3.22. The largest absolute Gasteiger partial charge is 0.494 e. The van der Waals surface area contributed by atoms with Crippen molar-refractivity contribution in [1.29, 1.82) is 0 Å². The van der Waals surface area contributed by atoms with Crippen LogP contribution in [0.3, 0.4) is 0 Å². The summed E-state index contributed by atoms with van der Waals surface area (Å²) >= 11 is 0. The predicted octanol–water partition coefficient (Wildman–Crippen LogP) is 3.70. The van der Waals surface area contributed by atoms with Crippen molar-refractivity contribution in [3.05, 3.63) is 65.5 Å². The lowest BCUT2D eigenvalue weighted by Crippen LogP contribution is -2.34. The summed E-state index contributed by atoms with van der Waals surface area (Å²) in [4.78, 5) is 0. The molecule has 110 valence electrons. The van der Waals surface area contributed by atoms with Crippen LogP contribution in [0, 0.1) is 5.82 Å². The van der Waals surface area contributed by atoms with Crippen molar-refractivity contribution < 1.29 is 9.13 Å². The molecule has 1 aliphatic heterocycles. The molecule has 2 nitrogen and oxygen atoms in total. The van der Waals surface area contributed by atoms with Gasteiger partial charge in [0, 0.05) is 12.5 Å². The number of benzene rings is 2. The molecular formula is C18H20FNO. The normalized spacial score (nSPS) is 22.0. The van der Waals surface area contributed by atoms with Crippen molar-refractivity contribution in [2.24, 2.45) is 0 Å². The van der Waals surface area contributed by atoms with E-state index >= 15 is 0 Å². The molecule has 1 heterocycles. The van der Waals surface area contributed by atoms with Crippen molar-refractivity contribution in [3.8, 4) is 5.75 Å². The Morgan fingerprint density at radius 3 is 2.57 bits per heavy atom. The molecule has 2 unspecified atom stereocenters. The minimum atomic E-state index is -0.277. The number of hydrogen-bond donors (Lipinski definition) is 1. The van der Waals surface area contributed by atoms with Crippen LogP contribution in [0.4, 0.5) is 4.39 Å². The number of halogens is 1. The first kappa shape index (κ1) is 14.1. The van der Waals surface area contributed by atoms with Crippen LogP contribution < -0.4 is 10.1 Å². The summed E-state index contributed by atoms with van der Waals surface area (Å²) in [5.41, 5.74) is 2.37. The number of nitrogens with one attached hydrogen (secondary N) is 1. The van der Waals surface area contributed by atoms with Gasteiger partial charge in [-0.3, -0.25) is 0 Å². The number of piperidine rings is 1. The molecule has 3 heteroatoms. The molecule has 0 aromatic heterocycles. The molecule has 2 atom stereocenters. The summed E-state index contributed by atoms with van der Waals surface area (Å²) in [6, 6.07) is 15.8. The van der Waals surface area contributed by atoms with Crippen molar-refractivity contribution in [3.63, 3.8) is 0 Å². The fourth-order valence-corrected chi connectivity index (χ4v) is 3.22. The van der Waals surface area contributed by atoms with Crippen molar-refractivity contribution in [2.45, 2.75) is 18.3 Å². The third-order valence-corrected chi connectivity index (χ3v) is 4.31. The summed E-state index contributed by atoms with van der Waals surface area (Å²) in [7, 11) is 1.50. The Hall–Kier alpha value is -1.87. The van der Waals surface area contributed by atoms with Gasteiger partial charge in [-0.15, -0.1) is 0 Å². The molecule has 1 aliphatic rings. The average molecular weight is 285 g/mol. The van der Waals surface area contributed by atoms with E-state index in [1.54, 1.807) is 12.1 Å². The Kier molecular flexibility index (Phi) is 4.20. The Balaban J connectivity index is 1.92. The number of ether oxygens (including phenoxy) is 1. The summed E-state index contributed by atoms with van der Waals surface area (Å²) in [6.45, 7) is 1.91. The minimum Gasteiger partial charge on any atom is -0.494 e. The molecule has 21 heavy (non-hydrogen) atoms. The van der Waals surface area contributed by atoms with Crippen LogP contribution in [-0.4, -0.2) is 20.2 Å². The van der Waals surface area contributed by atoms with Gasteiger partial charge in [0.15, 0.2) is 11.6 Å². The molecule has 2 aromatic rings. The van der Waals surface area contributed by atoms with Crippen LogP contribution in [0.5, 0.6) is 5.75 Å². The minimum absolute atomic E-state index is 0.277. The van der Waals surface area contributed by atoms with Crippen LogP contribution in [0.2, 0.25) is 0 Å². The first-order valence-corrected chi connectivity index (χ1v) is 7.38. The Bertz CT molecular complexity index is 599. The van der Waals surface area contributed by atoms with Gasteiger partial charge < -0.3 is 10.1 Å². The van der Waals surface area contributed by atoms with Crippen molar-refractivity contribution in [1.82, 2.24) is 5.32 Å². The first-order chi connectivity index (χ1) is 10.3. The summed E-state index contributed by atoms with van der Waals surface area (Å²) in [5, 5.41) is 3.45. The second kappa shape index (κ2) is 6.27. The van der Waals surface area contributed by atoms with E-state index in [2.05, 4.69) is 29.6 Å². The van der Waals surface area contributed by atoms with Gasteiger partial charge in [0.05, 0.1) is 7.11 Å². The lowest BCUT2D eigenvalue weighted by molar-refractivity contribution is 0.381. The highest BCUT2D eigenvalue weighted by Crippen LogP contribution is 2.38. The molecule has 0 saturated carbocycles. The molecule has 0 amide bonds. The molecule has 0 aliphatic carbocycles. The summed E-state index contributed by atoms with van der Waals surface area (Å²) < 4.78 is 19.0. The first-order valence-electron chi connectivity index (χ1n) is 7.38. The van der Waals surface area contributed by atoms with Gasteiger partial charge in [-0.05, 0) is 42.1 Å². The van der Waals surface area contributed by atoms with Crippen LogP contribution in [0.1, 0.15) is 29.4 Å². The second-order valence-electron chi connectivity index (χ2n) is 5.51. The molecular weight excluding hydrogens is 265 g/mol. The second-order valence-corrected chi connectivity index (χ2v) is 5.51. The van der Waals surface area contributed by atoms with Gasteiger partial charge in [0.25, 0.3) is 0 Å². The van der Waals surface area contributed by atoms with Gasteiger partial charge in [0.2, 0.25) is 0 Å². The fraction of sp³-hybridized carbons (Fsp3) is 0.333. The lowest BCUT2D eigenvalue weighted by Gasteiger charge is -2.33. The van der Waals surface area contributed by atoms with Crippen LogP contribution >= 0.6 is 0 Å². The Morgan fingerprint density at radius 2 is 1.86 bits per heavy atom. The molecule has 1 fully saturated rings. The van der Waals surface area contributed by atoms with Crippen LogP contribution in [-0.2, 0) is 0 Å². The quantitative estimate of drug-likeness (QED) is 0.928. The third kappa shape index (κ3) is 2.93. The lowest BCUT2D eigenvalue weighted by atomic mass is 9.77. The maximum atomic E-state index is 14.0. The number of methoxy groups -OCH3 is 1. The van der Waals surface area contributed by atoms with Gasteiger partial charge in [-0.25, -0.2) is 4.39 Å². The number of rotatable bonds is 3. The molecule has 2 aromatic carbocycles. The molecule has 0 spiro atoms. The van der Waals surface area contributed by atoms with Gasteiger partial charge >= 0.3 is 0 Å². The maximum absolute atomic E-state index is 14.0. The Morgan fingerprint density at radius 1 is 1.05 bits per heavy atom. The standard InChI is InChI=1S/C18H20FNO/c1-21-18-8-7-14(11-17(18)19)15-9-10-20-12-16(15)13-5-3-2-4-6-13/h2-8,11,15-16,20H,9-10,12H2,1H3. The Labute approximate surface area is 125 Å². The summed E-state index contributed by atoms with van der Waals surface area (Å²) in [6.07, 6.45) is 1.02. The topological polar surface area (TPSA) is 21.3 Å². The zero-order valence-electron chi connectivity index (χ0n) is 12.2. The molecule has 1 saturated heterocycles. The monoisotopic (exact) mass is 285 g/mol. The SMILES string of the molecule is COc1ccc(C2CCNCC2c2ccccc2)cc1F. The number of hydrogen-bond acceptors (Lipinski definition) is 2. The van der Waals surface area contributed by atoms with Gasteiger partial charge in [-0.2, -0.15) is 0 Å². The van der Waals surface area contributed by atoms with E-state index in [0.29, 0.717) is 17.6 Å². The van der Waals surface area contributed by atoms with Crippen molar-refractivity contribution in [2.75, 3.05) is 20.2 Å². The molecule has 0 radical (unpaired) electrons.